The highest BCUT2D eigenvalue weighted by Gasteiger charge is 2.38. The fraction of sp³-hybridized carbons (Fsp3) is 0.300. The number of halogens is 5. The normalized spacial score (nSPS) is 15.4. The second-order valence-corrected chi connectivity index (χ2v) is 9.21. The Morgan fingerprint density at radius 1 is 1.06 bits per heavy atom. The second kappa shape index (κ2) is 9.27. The van der Waals surface area contributed by atoms with Gasteiger partial charge in [0, 0.05) is 37.3 Å². The maximum atomic E-state index is 14.9. The third-order valence-electron chi connectivity index (χ3n) is 5.06. The van der Waals surface area contributed by atoms with E-state index in [9.17, 15) is 30.4 Å². The predicted octanol–water partition coefficient (Wildman–Crippen LogP) is 3.19. The van der Waals surface area contributed by atoms with Gasteiger partial charge in [0.2, 0.25) is 5.89 Å². The van der Waals surface area contributed by atoms with Crippen LogP contribution in [0.4, 0.5) is 27.6 Å². The van der Waals surface area contributed by atoms with Gasteiger partial charge in [0.25, 0.3) is 0 Å². The number of aromatic nitrogens is 2. The molecule has 8 nitrogen and oxygen atoms in total. The van der Waals surface area contributed by atoms with Gasteiger partial charge in [-0.3, -0.25) is 4.31 Å². The Kier molecular flexibility index (Phi) is 6.55. The summed E-state index contributed by atoms with van der Waals surface area (Å²) in [7, 11) is -4.16. The summed E-state index contributed by atoms with van der Waals surface area (Å²) in [5.41, 5.74) is -0.220. The number of hydrogen-bond acceptors (Lipinski definition) is 6. The van der Waals surface area contributed by atoms with E-state index < -0.39 is 46.3 Å². The highest BCUT2D eigenvalue weighted by Crippen LogP contribution is 2.31. The number of benzene rings is 2. The first kappa shape index (κ1) is 24.0. The van der Waals surface area contributed by atoms with E-state index in [-0.39, 0.29) is 29.9 Å². The molecule has 34 heavy (non-hydrogen) atoms. The van der Waals surface area contributed by atoms with E-state index in [0.717, 1.165) is 22.5 Å². The van der Waals surface area contributed by atoms with Crippen molar-refractivity contribution in [2.24, 2.45) is 0 Å². The Labute approximate surface area is 191 Å². The average molecular weight is 503 g/mol. The molecule has 0 unspecified atom stereocenters. The molecule has 1 aromatic heterocycles. The molecule has 0 bridgehead atoms. The molecule has 182 valence electrons. The van der Waals surface area contributed by atoms with Crippen LogP contribution in [0.2, 0.25) is 0 Å². The zero-order chi connectivity index (χ0) is 24.5. The van der Waals surface area contributed by atoms with Gasteiger partial charge in [-0.15, -0.1) is 10.2 Å². The van der Waals surface area contributed by atoms with Gasteiger partial charge in [-0.05, 0) is 30.3 Å². The number of nitrogens with zero attached hydrogens (tertiary/aromatic N) is 4. The molecule has 1 aliphatic rings. The Morgan fingerprint density at radius 2 is 1.79 bits per heavy atom. The number of anilines is 1. The van der Waals surface area contributed by atoms with Crippen LogP contribution in [-0.2, 0) is 22.9 Å². The molecule has 0 saturated carbocycles. The molecule has 14 heteroatoms. The minimum atomic E-state index is -4.85. The van der Waals surface area contributed by atoms with Crippen molar-refractivity contribution in [1.82, 2.24) is 19.8 Å². The van der Waals surface area contributed by atoms with Gasteiger partial charge < -0.3 is 9.73 Å². The van der Waals surface area contributed by atoms with Crippen LogP contribution in [0.3, 0.4) is 0 Å². The maximum Gasteiger partial charge on any atom is 0.470 e. The molecule has 2 aromatic carbocycles. The SMILES string of the molecule is O=S(=O)(N1CCNCC1)N(Cc1ccc(-c2nnc(C(F)(F)F)o2)cc1F)c1cccc(F)c1. The Balaban J connectivity index is 1.67. The van der Waals surface area contributed by atoms with Crippen molar-refractivity contribution in [2.75, 3.05) is 30.5 Å². The number of hydrogen-bond donors (Lipinski definition) is 1. The van der Waals surface area contributed by atoms with Crippen molar-refractivity contribution < 1.29 is 34.8 Å². The molecular weight excluding hydrogens is 485 g/mol. The first-order chi connectivity index (χ1) is 16.1. The number of nitrogens with one attached hydrogen (secondary N) is 1. The first-order valence-electron chi connectivity index (χ1n) is 9.99. The predicted molar refractivity (Wildman–Crippen MR) is 111 cm³/mol. The van der Waals surface area contributed by atoms with E-state index in [4.69, 9.17) is 0 Å². The molecule has 1 fully saturated rings. The lowest BCUT2D eigenvalue weighted by atomic mass is 10.1. The van der Waals surface area contributed by atoms with E-state index in [1.807, 2.05) is 0 Å². The fourth-order valence-electron chi connectivity index (χ4n) is 3.37. The summed E-state index contributed by atoms with van der Waals surface area (Å²) in [6.45, 7) is 0.703. The van der Waals surface area contributed by atoms with Crippen molar-refractivity contribution in [1.29, 1.82) is 0 Å². The zero-order valence-electron chi connectivity index (χ0n) is 17.4. The highest BCUT2D eigenvalue weighted by molar-refractivity contribution is 7.90. The Bertz CT molecular complexity index is 1280. The quantitative estimate of drug-likeness (QED) is 0.520. The molecule has 0 aliphatic carbocycles. The standard InChI is InChI=1S/C20H18F5N5O3S/c21-15-2-1-3-16(11-15)30(34(31,32)29-8-6-26-7-9-29)12-14-5-4-13(10-17(14)22)18-27-28-19(33-18)20(23,24)25/h1-5,10-11,26H,6-9,12H2. The van der Waals surface area contributed by atoms with Crippen molar-refractivity contribution in [3.8, 4) is 11.5 Å². The largest absolute Gasteiger partial charge is 0.470 e. The molecule has 0 radical (unpaired) electrons. The van der Waals surface area contributed by atoms with Crippen LogP contribution in [0.25, 0.3) is 11.5 Å². The van der Waals surface area contributed by atoms with Crippen LogP contribution in [0.1, 0.15) is 11.5 Å². The van der Waals surface area contributed by atoms with Crippen LogP contribution in [0.5, 0.6) is 0 Å². The van der Waals surface area contributed by atoms with Crippen molar-refractivity contribution >= 4 is 15.9 Å². The van der Waals surface area contributed by atoms with E-state index in [2.05, 4.69) is 19.9 Å². The highest BCUT2D eigenvalue weighted by atomic mass is 32.2. The number of piperazine rings is 1. The topological polar surface area (TPSA) is 91.6 Å². The summed E-state index contributed by atoms with van der Waals surface area (Å²) in [5.74, 6) is -3.72. The minimum Gasteiger partial charge on any atom is -0.413 e. The molecule has 1 saturated heterocycles. The lowest BCUT2D eigenvalue weighted by Gasteiger charge is -2.33. The Morgan fingerprint density at radius 3 is 2.41 bits per heavy atom. The summed E-state index contributed by atoms with van der Waals surface area (Å²) < 4.78 is 100. The van der Waals surface area contributed by atoms with Gasteiger partial charge in [-0.2, -0.15) is 25.9 Å². The van der Waals surface area contributed by atoms with Gasteiger partial charge in [0.1, 0.15) is 11.6 Å². The van der Waals surface area contributed by atoms with Crippen LogP contribution in [0, 0.1) is 11.6 Å². The van der Waals surface area contributed by atoms with Crippen LogP contribution >= 0.6 is 0 Å². The maximum absolute atomic E-state index is 14.9. The molecular formula is C20H18F5N5O3S. The lowest BCUT2D eigenvalue weighted by molar-refractivity contribution is -0.156. The molecule has 0 spiro atoms. The summed E-state index contributed by atoms with van der Waals surface area (Å²) in [4.78, 5) is 0. The second-order valence-electron chi connectivity index (χ2n) is 7.36. The molecule has 2 heterocycles. The lowest BCUT2D eigenvalue weighted by Crippen LogP contribution is -2.51. The third kappa shape index (κ3) is 5.03. The number of alkyl halides is 3. The monoisotopic (exact) mass is 503 g/mol. The van der Waals surface area contributed by atoms with E-state index in [1.165, 1.54) is 28.6 Å². The van der Waals surface area contributed by atoms with Gasteiger partial charge in [0.15, 0.2) is 0 Å². The van der Waals surface area contributed by atoms with Crippen molar-refractivity contribution in [2.45, 2.75) is 12.7 Å². The molecule has 0 atom stereocenters. The fourth-order valence-corrected chi connectivity index (χ4v) is 4.97. The molecule has 3 aromatic rings. The van der Waals surface area contributed by atoms with E-state index in [0.29, 0.717) is 13.1 Å². The molecule has 1 aliphatic heterocycles. The van der Waals surface area contributed by atoms with Gasteiger partial charge >= 0.3 is 22.3 Å². The molecule has 1 N–H and O–H groups in total. The smallest absolute Gasteiger partial charge is 0.413 e. The Hall–Kier alpha value is -3.10. The van der Waals surface area contributed by atoms with E-state index >= 15 is 0 Å². The van der Waals surface area contributed by atoms with Gasteiger partial charge in [-0.25, -0.2) is 8.78 Å². The van der Waals surface area contributed by atoms with Crippen LogP contribution in [0.15, 0.2) is 46.9 Å². The minimum absolute atomic E-state index is 0.00581. The average Bonchev–Trinajstić information content (AvgIpc) is 3.30. The van der Waals surface area contributed by atoms with Crippen LogP contribution in [-0.4, -0.2) is 49.1 Å². The first-order valence-corrected chi connectivity index (χ1v) is 11.4. The summed E-state index contributed by atoms with van der Waals surface area (Å²) in [6, 6.07) is 8.17. The summed E-state index contributed by atoms with van der Waals surface area (Å²) in [6.07, 6.45) is -4.85. The zero-order valence-corrected chi connectivity index (χ0v) is 18.2. The van der Waals surface area contributed by atoms with Gasteiger partial charge in [-0.1, -0.05) is 12.1 Å². The van der Waals surface area contributed by atoms with Crippen molar-refractivity contribution in [3.05, 3.63) is 65.6 Å². The third-order valence-corrected chi connectivity index (χ3v) is 6.97. The molecule has 0 amide bonds. The van der Waals surface area contributed by atoms with Crippen LogP contribution < -0.4 is 9.62 Å². The summed E-state index contributed by atoms with van der Waals surface area (Å²) in [5, 5.41) is 9.21. The van der Waals surface area contributed by atoms with Gasteiger partial charge in [0.05, 0.1) is 12.2 Å². The van der Waals surface area contributed by atoms with E-state index in [1.54, 1.807) is 0 Å². The number of rotatable bonds is 6. The molecule has 4 rings (SSSR count). The summed E-state index contributed by atoms with van der Waals surface area (Å²) >= 11 is 0. The van der Waals surface area contributed by atoms with Crippen molar-refractivity contribution in [3.63, 3.8) is 0 Å².